The van der Waals surface area contributed by atoms with Crippen LogP contribution >= 0.6 is 11.8 Å². The molecule has 3 aromatic heterocycles. The fraction of sp³-hybridized carbons (Fsp3) is 0.381. The highest BCUT2D eigenvalue weighted by molar-refractivity contribution is 7.99. The Kier molecular flexibility index (Phi) is 5.62. The molecule has 0 saturated carbocycles. The SMILES string of the molecule is CCCCc1c(C)nc2nc(SC(C)c3nc(-c4ccccc4)no3)nn2c1C. The maximum Gasteiger partial charge on any atom is 0.253 e. The molecule has 0 fully saturated rings. The fourth-order valence-electron chi connectivity index (χ4n) is 3.27. The van der Waals surface area contributed by atoms with Crippen LogP contribution in [0.15, 0.2) is 40.0 Å². The summed E-state index contributed by atoms with van der Waals surface area (Å²) in [6.45, 7) is 8.34. The second-order valence-electron chi connectivity index (χ2n) is 7.05. The summed E-state index contributed by atoms with van der Waals surface area (Å²) >= 11 is 1.49. The number of aromatic nitrogens is 6. The minimum absolute atomic E-state index is 0.0710. The van der Waals surface area contributed by atoms with E-state index in [0.717, 1.165) is 36.2 Å². The smallest absolute Gasteiger partial charge is 0.253 e. The molecular formula is C21H24N6OS. The summed E-state index contributed by atoms with van der Waals surface area (Å²) in [5.41, 5.74) is 4.33. The summed E-state index contributed by atoms with van der Waals surface area (Å²) in [6, 6.07) is 9.79. The molecule has 4 rings (SSSR count). The third-order valence-corrected chi connectivity index (χ3v) is 5.85. The molecule has 7 nitrogen and oxygen atoms in total. The van der Waals surface area contributed by atoms with Crippen LogP contribution in [0.3, 0.4) is 0 Å². The molecule has 0 aliphatic heterocycles. The molecule has 0 amide bonds. The molecule has 0 spiro atoms. The summed E-state index contributed by atoms with van der Waals surface area (Å²) in [5.74, 6) is 1.77. The number of rotatable bonds is 7. The quantitative estimate of drug-likeness (QED) is 0.399. The van der Waals surface area contributed by atoms with Gasteiger partial charge in [0.1, 0.15) is 0 Å². The topological polar surface area (TPSA) is 82.0 Å². The summed E-state index contributed by atoms with van der Waals surface area (Å²) in [5, 5.41) is 9.35. The van der Waals surface area contributed by atoms with Gasteiger partial charge < -0.3 is 4.52 Å². The molecule has 8 heteroatoms. The summed E-state index contributed by atoms with van der Waals surface area (Å²) in [4.78, 5) is 13.8. The number of nitrogens with zero attached hydrogens (tertiary/aromatic N) is 6. The van der Waals surface area contributed by atoms with Crippen molar-refractivity contribution in [3.63, 3.8) is 0 Å². The molecule has 4 aromatic rings. The van der Waals surface area contributed by atoms with Gasteiger partial charge >= 0.3 is 0 Å². The lowest BCUT2D eigenvalue weighted by Crippen LogP contribution is -2.05. The molecule has 150 valence electrons. The molecule has 0 saturated heterocycles. The Bertz CT molecular complexity index is 1120. The van der Waals surface area contributed by atoms with Gasteiger partial charge in [-0.15, -0.1) is 5.10 Å². The van der Waals surface area contributed by atoms with Gasteiger partial charge in [-0.05, 0) is 39.2 Å². The van der Waals surface area contributed by atoms with E-state index in [-0.39, 0.29) is 5.25 Å². The van der Waals surface area contributed by atoms with Crippen LogP contribution in [0, 0.1) is 13.8 Å². The van der Waals surface area contributed by atoms with Crippen molar-refractivity contribution in [1.82, 2.24) is 29.7 Å². The van der Waals surface area contributed by atoms with Gasteiger partial charge in [-0.3, -0.25) is 0 Å². The lowest BCUT2D eigenvalue weighted by atomic mass is 10.1. The highest BCUT2D eigenvalue weighted by Crippen LogP contribution is 2.33. The van der Waals surface area contributed by atoms with Crippen LogP contribution in [0.1, 0.15) is 54.8 Å². The number of unbranched alkanes of at least 4 members (excludes halogenated alkanes) is 1. The van der Waals surface area contributed by atoms with Crippen LogP contribution in [0.5, 0.6) is 0 Å². The van der Waals surface area contributed by atoms with E-state index in [1.807, 2.05) is 48.7 Å². The Morgan fingerprint density at radius 2 is 1.90 bits per heavy atom. The van der Waals surface area contributed by atoms with E-state index in [2.05, 4.69) is 39.1 Å². The first kappa shape index (κ1) is 19.6. The normalized spacial score (nSPS) is 12.6. The first-order valence-electron chi connectivity index (χ1n) is 9.85. The van der Waals surface area contributed by atoms with Crippen molar-refractivity contribution in [2.75, 3.05) is 0 Å². The molecule has 0 radical (unpaired) electrons. The maximum atomic E-state index is 5.47. The molecule has 0 aliphatic carbocycles. The van der Waals surface area contributed by atoms with E-state index in [4.69, 9.17) is 4.52 Å². The Morgan fingerprint density at radius 1 is 1.10 bits per heavy atom. The van der Waals surface area contributed by atoms with E-state index in [9.17, 15) is 0 Å². The second-order valence-corrected chi connectivity index (χ2v) is 8.36. The molecular weight excluding hydrogens is 384 g/mol. The van der Waals surface area contributed by atoms with Crippen molar-refractivity contribution in [3.8, 4) is 11.4 Å². The zero-order chi connectivity index (χ0) is 20.4. The van der Waals surface area contributed by atoms with E-state index >= 15 is 0 Å². The van der Waals surface area contributed by atoms with Crippen LogP contribution in [0.4, 0.5) is 0 Å². The van der Waals surface area contributed by atoms with Gasteiger partial charge in [-0.25, -0.2) is 9.50 Å². The van der Waals surface area contributed by atoms with Gasteiger partial charge in [0, 0.05) is 17.0 Å². The van der Waals surface area contributed by atoms with Gasteiger partial charge in [0.25, 0.3) is 5.78 Å². The number of hydrogen-bond donors (Lipinski definition) is 0. The molecule has 1 unspecified atom stereocenters. The summed E-state index contributed by atoms with van der Waals surface area (Å²) in [7, 11) is 0. The van der Waals surface area contributed by atoms with Crippen molar-refractivity contribution >= 4 is 17.5 Å². The van der Waals surface area contributed by atoms with Crippen LogP contribution in [-0.2, 0) is 6.42 Å². The number of fused-ring (bicyclic) bond motifs is 1. The minimum Gasteiger partial charge on any atom is -0.338 e. The predicted molar refractivity (Wildman–Crippen MR) is 113 cm³/mol. The largest absolute Gasteiger partial charge is 0.338 e. The lowest BCUT2D eigenvalue weighted by Gasteiger charge is -2.09. The first-order valence-corrected chi connectivity index (χ1v) is 10.7. The molecule has 0 N–H and O–H groups in total. The van der Waals surface area contributed by atoms with Gasteiger partial charge in [-0.2, -0.15) is 9.97 Å². The standard InChI is InChI=1S/C21H24N6OS/c1-5-6-12-17-13(2)22-20-24-21(25-27(20)14(17)3)29-15(4)19-23-18(26-28-19)16-10-8-7-9-11-16/h7-11,15H,5-6,12H2,1-4H3. The molecule has 0 aliphatic rings. The number of hydrogen-bond acceptors (Lipinski definition) is 7. The van der Waals surface area contributed by atoms with E-state index < -0.39 is 0 Å². The van der Waals surface area contributed by atoms with Crippen molar-refractivity contribution in [2.45, 2.75) is 57.4 Å². The van der Waals surface area contributed by atoms with Crippen molar-refractivity contribution in [3.05, 3.63) is 53.2 Å². The van der Waals surface area contributed by atoms with Crippen LogP contribution in [-0.4, -0.2) is 29.7 Å². The van der Waals surface area contributed by atoms with E-state index in [1.165, 1.54) is 17.3 Å². The Balaban J connectivity index is 1.56. The average molecular weight is 409 g/mol. The van der Waals surface area contributed by atoms with Gasteiger partial charge in [0.05, 0.1) is 5.25 Å². The second kappa shape index (κ2) is 8.32. The van der Waals surface area contributed by atoms with E-state index in [0.29, 0.717) is 22.6 Å². The third kappa shape index (κ3) is 4.03. The summed E-state index contributed by atoms with van der Waals surface area (Å²) < 4.78 is 7.32. The maximum absolute atomic E-state index is 5.47. The average Bonchev–Trinajstić information content (AvgIpc) is 3.36. The van der Waals surface area contributed by atoms with Gasteiger partial charge in [0.2, 0.25) is 16.9 Å². The summed E-state index contributed by atoms with van der Waals surface area (Å²) in [6.07, 6.45) is 3.31. The third-order valence-electron chi connectivity index (χ3n) is 4.91. The zero-order valence-corrected chi connectivity index (χ0v) is 17.9. The molecule has 1 atom stereocenters. The van der Waals surface area contributed by atoms with Crippen molar-refractivity contribution < 1.29 is 4.52 Å². The van der Waals surface area contributed by atoms with E-state index in [1.54, 1.807) is 0 Å². The van der Waals surface area contributed by atoms with Crippen molar-refractivity contribution in [1.29, 1.82) is 0 Å². The molecule has 3 heterocycles. The van der Waals surface area contributed by atoms with Crippen LogP contribution in [0.25, 0.3) is 17.2 Å². The Labute approximate surface area is 174 Å². The van der Waals surface area contributed by atoms with Gasteiger partial charge in [-0.1, -0.05) is 60.6 Å². The molecule has 0 bridgehead atoms. The lowest BCUT2D eigenvalue weighted by molar-refractivity contribution is 0.380. The molecule has 29 heavy (non-hydrogen) atoms. The monoisotopic (exact) mass is 408 g/mol. The Morgan fingerprint density at radius 3 is 2.66 bits per heavy atom. The minimum atomic E-state index is -0.0710. The van der Waals surface area contributed by atoms with Crippen LogP contribution in [0.2, 0.25) is 0 Å². The zero-order valence-electron chi connectivity index (χ0n) is 17.1. The highest BCUT2D eigenvalue weighted by Gasteiger charge is 2.20. The fourth-order valence-corrected chi connectivity index (χ4v) is 4.04. The molecule has 1 aromatic carbocycles. The first-order chi connectivity index (χ1) is 14.1. The Hall–Kier alpha value is -2.74. The predicted octanol–water partition coefficient (Wildman–Crippen LogP) is 4.99. The highest BCUT2D eigenvalue weighted by atomic mass is 32.2. The number of thioether (sulfide) groups is 1. The van der Waals surface area contributed by atoms with Crippen LogP contribution < -0.4 is 0 Å². The van der Waals surface area contributed by atoms with Gasteiger partial charge in [0.15, 0.2) is 0 Å². The van der Waals surface area contributed by atoms with Crippen molar-refractivity contribution in [2.24, 2.45) is 0 Å². The number of benzene rings is 1. The number of aryl methyl sites for hydroxylation is 2.